The van der Waals surface area contributed by atoms with Crippen LogP contribution in [-0.2, 0) is 0 Å². The number of aromatic nitrogens is 2. The Balaban J connectivity index is 1.90. The summed E-state index contributed by atoms with van der Waals surface area (Å²) < 4.78 is 6.67. The SMILES string of the molecule is CC1(C)C2CCC1(C)C(Oc1nc[nH]c(=O)c1I)C2. The fourth-order valence-corrected chi connectivity index (χ4v) is 4.31. The van der Waals surface area contributed by atoms with E-state index in [0.29, 0.717) is 14.9 Å². The van der Waals surface area contributed by atoms with Crippen molar-refractivity contribution in [2.24, 2.45) is 16.7 Å². The predicted molar refractivity (Wildman–Crippen MR) is 81.2 cm³/mol. The lowest BCUT2D eigenvalue weighted by atomic mass is 9.70. The average Bonchev–Trinajstić information content (AvgIpc) is 2.68. The van der Waals surface area contributed by atoms with E-state index in [4.69, 9.17) is 4.74 Å². The molecule has 1 aromatic rings. The van der Waals surface area contributed by atoms with Crippen molar-refractivity contribution in [3.05, 3.63) is 20.3 Å². The summed E-state index contributed by atoms with van der Waals surface area (Å²) in [4.78, 5) is 18.3. The summed E-state index contributed by atoms with van der Waals surface area (Å²) in [6, 6.07) is 0. The number of hydrogen-bond acceptors (Lipinski definition) is 3. The third kappa shape index (κ3) is 1.76. The third-order valence-corrected chi connectivity index (χ3v) is 6.68. The van der Waals surface area contributed by atoms with Gasteiger partial charge in [-0.15, -0.1) is 0 Å². The number of hydrogen-bond donors (Lipinski definition) is 1. The molecule has 4 nitrogen and oxygen atoms in total. The highest BCUT2D eigenvalue weighted by molar-refractivity contribution is 14.1. The van der Waals surface area contributed by atoms with Gasteiger partial charge in [0.05, 0.1) is 6.33 Å². The first-order chi connectivity index (χ1) is 8.86. The van der Waals surface area contributed by atoms with Crippen molar-refractivity contribution in [1.82, 2.24) is 9.97 Å². The van der Waals surface area contributed by atoms with Crippen LogP contribution in [0.25, 0.3) is 0 Å². The Labute approximate surface area is 126 Å². The number of rotatable bonds is 2. The maximum atomic E-state index is 11.6. The van der Waals surface area contributed by atoms with Crippen LogP contribution in [0.15, 0.2) is 11.1 Å². The maximum Gasteiger partial charge on any atom is 0.268 e. The van der Waals surface area contributed by atoms with Gasteiger partial charge in [-0.1, -0.05) is 20.8 Å². The van der Waals surface area contributed by atoms with Crippen LogP contribution in [0.2, 0.25) is 0 Å². The van der Waals surface area contributed by atoms with E-state index in [0.717, 1.165) is 12.3 Å². The minimum Gasteiger partial charge on any atom is -0.473 e. The molecule has 0 radical (unpaired) electrons. The third-order valence-electron chi connectivity index (χ3n) is 5.73. The summed E-state index contributed by atoms with van der Waals surface area (Å²) in [6.45, 7) is 7.03. The van der Waals surface area contributed by atoms with Crippen molar-refractivity contribution in [2.75, 3.05) is 0 Å². The molecule has 2 aliphatic rings. The smallest absolute Gasteiger partial charge is 0.268 e. The van der Waals surface area contributed by atoms with Gasteiger partial charge in [-0.2, -0.15) is 0 Å². The molecule has 1 aromatic heterocycles. The van der Waals surface area contributed by atoms with Crippen LogP contribution in [0, 0.1) is 20.3 Å². The second kappa shape index (κ2) is 4.20. The summed E-state index contributed by atoms with van der Waals surface area (Å²) in [7, 11) is 0. The quantitative estimate of drug-likeness (QED) is 0.810. The van der Waals surface area contributed by atoms with Gasteiger partial charge in [-0.3, -0.25) is 4.79 Å². The molecular weight excluding hydrogens is 355 g/mol. The van der Waals surface area contributed by atoms with Gasteiger partial charge in [0.1, 0.15) is 9.67 Å². The molecule has 3 rings (SSSR count). The minimum absolute atomic E-state index is 0.127. The highest BCUT2D eigenvalue weighted by Crippen LogP contribution is 2.66. The average molecular weight is 374 g/mol. The normalized spacial score (nSPS) is 35.6. The Bertz CT molecular complexity index is 569. The number of aromatic amines is 1. The Kier molecular flexibility index (Phi) is 2.96. The number of nitrogens with one attached hydrogen (secondary N) is 1. The summed E-state index contributed by atoms with van der Waals surface area (Å²) in [6.07, 6.45) is 5.16. The number of fused-ring (bicyclic) bond motifs is 2. The van der Waals surface area contributed by atoms with Gasteiger partial charge in [0.2, 0.25) is 5.88 Å². The molecule has 2 aliphatic carbocycles. The molecule has 0 aliphatic heterocycles. The fourth-order valence-electron chi connectivity index (χ4n) is 3.89. The zero-order valence-corrected chi connectivity index (χ0v) is 13.7. The van der Waals surface area contributed by atoms with Crippen molar-refractivity contribution >= 4 is 22.6 Å². The topological polar surface area (TPSA) is 55.0 Å². The van der Waals surface area contributed by atoms with E-state index in [9.17, 15) is 4.79 Å². The van der Waals surface area contributed by atoms with Crippen molar-refractivity contribution in [2.45, 2.75) is 46.1 Å². The first kappa shape index (κ1) is 13.4. The van der Waals surface area contributed by atoms with Gasteiger partial charge in [0.25, 0.3) is 5.56 Å². The summed E-state index contributed by atoms with van der Waals surface area (Å²) in [5.41, 5.74) is 0.369. The molecular formula is C14H19IN2O2. The highest BCUT2D eigenvalue weighted by atomic mass is 127. The molecule has 104 valence electrons. The van der Waals surface area contributed by atoms with Crippen molar-refractivity contribution in [3.8, 4) is 5.88 Å². The molecule has 2 saturated carbocycles. The Morgan fingerprint density at radius 3 is 2.79 bits per heavy atom. The van der Waals surface area contributed by atoms with Crippen LogP contribution in [0.4, 0.5) is 0 Å². The van der Waals surface area contributed by atoms with Gasteiger partial charge >= 0.3 is 0 Å². The molecule has 0 aromatic carbocycles. The lowest BCUT2D eigenvalue weighted by Gasteiger charge is -2.38. The Hall–Kier alpha value is -0.590. The molecule has 2 fully saturated rings. The standard InChI is InChI=1S/C14H19IN2O2/c1-13(2)8-4-5-14(13,3)9(6-8)19-12-10(15)11(18)16-7-17-12/h7-9H,4-6H2,1-3H3,(H,16,17,18). The lowest BCUT2D eigenvalue weighted by molar-refractivity contribution is 0.0265. The fraction of sp³-hybridized carbons (Fsp3) is 0.714. The Morgan fingerprint density at radius 1 is 1.47 bits per heavy atom. The molecule has 19 heavy (non-hydrogen) atoms. The van der Waals surface area contributed by atoms with Crippen LogP contribution in [0.3, 0.4) is 0 Å². The zero-order chi connectivity index (χ0) is 13.8. The van der Waals surface area contributed by atoms with E-state index in [1.807, 2.05) is 22.6 Å². The van der Waals surface area contributed by atoms with Crippen molar-refractivity contribution in [1.29, 1.82) is 0 Å². The van der Waals surface area contributed by atoms with Crippen LogP contribution >= 0.6 is 22.6 Å². The minimum atomic E-state index is -0.127. The summed E-state index contributed by atoms with van der Waals surface area (Å²) in [5.74, 6) is 1.21. The van der Waals surface area contributed by atoms with Gasteiger partial charge in [0, 0.05) is 5.41 Å². The van der Waals surface area contributed by atoms with Crippen molar-refractivity contribution in [3.63, 3.8) is 0 Å². The van der Waals surface area contributed by atoms with E-state index in [2.05, 4.69) is 30.7 Å². The second-order valence-corrected chi connectivity index (χ2v) is 7.65. The molecule has 5 heteroatoms. The van der Waals surface area contributed by atoms with E-state index in [-0.39, 0.29) is 17.1 Å². The molecule has 1 N–H and O–H groups in total. The van der Waals surface area contributed by atoms with Gasteiger partial charge in [-0.05, 0) is 53.2 Å². The van der Waals surface area contributed by atoms with Crippen LogP contribution in [0.5, 0.6) is 5.88 Å². The summed E-state index contributed by atoms with van der Waals surface area (Å²) >= 11 is 2.00. The highest BCUT2D eigenvalue weighted by Gasteiger charge is 2.62. The largest absolute Gasteiger partial charge is 0.473 e. The molecule has 1 heterocycles. The van der Waals surface area contributed by atoms with Crippen LogP contribution < -0.4 is 10.3 Å². The van der Waals surface area contributed by atoms with Gasteiger partial charge in [-0.25, -0.2) is 4.98 Å². The van der Waals surface area contributed by atoms with E-state index in [1.54, 1.807) is 0 Å². The molecule has 2 bridgehead atoms. The number of ether oxygens (including phenoxy) is 1. The van der Waals surface area contributed by atoms with Crippen LogP contribution in [0.1, 0.15) is 40.0 Å². The second-order valence-electron chi connectivity index (χ2n) is 6.57. The molecule has 3 unspecified atom stereocenters. The number of nitrogens with zero attached hydrogens (tertiary/aromatic N) is 1. The lowest BCUT2D eigenvalue weighted by Crippen LogP contribution is -2.39. The van der Waals surface area contributed by atoms with E-state index >= 15 is 0 Å². The van der Waals surface area contributed by atoms with Crippen LogP contribution in [-0.4, -0.2) is 16.1 Å². The monoisotopic (exact) mass is 374 g/mol. The first-order valence-corrected chi connectivity index (χ1v) is 7.84. The molecule has 0 spiro atoms. The molecule has 0 saturated heterocycles. The number of H-pyrrole nitrogens is 1. The van der Waals surface area contributed by atoms with E-state index in [1.165, 1.54) is 19.2 Å². The van der Waals surface area contributed by atoms with E-state index < -0.39 is 0 Å². The zero-order valence-electron chi connectivity index (χ0n) is 11.5. The predicted octanol–water partition coefficient (Wildman–Crippen LogP) is 2.97. The van der Waals surface area contributed by atoms with Gasteiger partial charge < -0.3 is 9.72 Å². The Morgan fingerprint density at radius 2 is 2.21 bits per heavy atom. The number of halogens is 1. The van der Waals surface area contributed by atoms with Gasteiger partial charge in [0.15, 0.2) is 0 Å². The van der Waals surface area contributed by atoms with Crippen molar-refractivity contribution < 1.29 is 4.74 Å². The first-order valence-electron chi connectivity index (χ1n) is 6.76. The molecule has 3 atom stereocenters. The molecule has 0 amide bonds. The maximum absolute atomic E-state index is 11.6. The summed E-state index contributed by atoms with van der Waals surface area (Å²) in [5, 5.41) is 0.